The first-order valence-electron chi connectivity index (χ1n) is 8.87. The number of alkyl halides is 3. The van der Waals surface area contributed by atoms with Crippen LogP contribution in [0.2, 0.25) is 0 Å². The number of amides is 1. The van der Waals surface area contributed by atoms with E-state index >= 15 is 0 Å². The van der Waals surface area contributed by atoms with Gasteiger partial charge in [-0.15, -0.1) is 0 Å². The molecule has 0 atom stereocenters. The Labute approximate surface area is 143 Å². The first-order chi connectivity index (χ1) is 11.4. The van der Waals surface area contributed by atoms with Crippen LogP contribution in [0, 0.1) is 0 Å². The molecule has 0 saturated heterocycles. The Hall–Kier alpha value is -1.52. The molecule has 0 spiro atoms. The van der Waals surface area contributed by atoms with Crippen LogP contribution in [0.3, 0.4) is 0 Å². The van der Waals surface area contributed by atoms with Crippen molar-refractivity contribution in [2.45, 2.75) is 65.0 Å². The Morgan fingerprint density at radius 1 is 0.958 bits per heavy atom. The number of rotatable bonds is 10. The van der Waals surface area contributed by atoms with E-state index in [1.807, 2.05) is 0 Å². The van der Waals surface area contributed by atoms with Crippen LogP contribution in [0.1, 0.15) is 74.7 Å². The molecule has 24 heavy (non-hydrogen) atoms. The molecular formula is C19H28F3NO. The predicted molar refractivity (Wildman–Crippen MR) is 91.0 cm³/mol. The lowest BCUT2D eigenvalue weighted by Gasteiger charge is -2.23. The second-order valence-electron chi connectivity index (χ2n) is 6.05. The second kappa shape index (κ2) is 10.4. The molecule has 0 saturated carbocycles. The number of unbranched alkanes of at least 4 members (excludes halogenated alkanes) is 6. The molecule has 2 nitrogen and oxygen atoms in total. The zero-order chi connectivity index (χ0) is 18.0. The molecule has 0 heterocycles. The highest BCUT2D eigenvalue weighted by molar-refractivity contribution is 5.95. The highest BCUT2D eigenvalue weighted by atomic mass is 19.4. The lowest BCUT2D eigenvalue weighted by Crippen LogP contribution is -2.33. The van der Waals surface area contributed by atoms with Gasteiger partial charge >= 0.3 is 6.18 Å². The molecule has 0 aliphatic rings. The second-order valence-corrected chi connectivity index (χ2v) is 6.05. The zero-order valence-electron chi connectivity index (χ0n) is 14.7. The summed E-state index contributed by atoms with van der Waals surface area (Å²) >= 11 is 0. The maximum absolute atomic E-state index is 13.1. The minimum Gasteiger partial charge on any atom is -0.339 e. The van der Waals surface area contributed by atoms with Gasteiger partial charge in [-0.2, -0.15) is 13.2 Å². The number of hydrogen-bond acceptors (Lipinski definition) is 1. The molecular weight excluding hydrogens is 315 g/mol. The van der Waals surface area contributed by atoms with Crippen LogP contribution in [0.5, 0.6) is 0 Å². The Morgan fingerprint density at radius 3 is 2.12 bits per heavy atom. The average molecular weight is 343 g/mol. The molecule has 1 rings (SSSR count). The topological polar surface area (TPSA) is 20.3 Å². The van der Waals surface area contributed by atoms with Gasteiger partial charge < -0.3 is 4.90 Å². The van der Waals surface area contributed by atoms with Crippen LogP contribution in [0.15, 0.2) is 24.3 Å². The van der Waals surface area contributed by atoms with E-state index in [4.69, 9.17) is 0 Å². The summed E-state index contributed by atoms with van der Waals surface area (Å²) < 4.78 is 39.2. The number of benzene rings is 1. The summed E-state index contributed by atoms with van der Waals surface area (Å²) in [5, 5.41) is 0. The van der Waals surface area contributed by atoms with Crippen molar-refractivity contribution >= 4 is 5.91 Å². The number of carbonyl (C=O) groups excluding carboxylic acids is 1. The fourth-order valence-corrected chi connectivity index (χ4v) is 2.75. The highest BCUT2D eigenvalue weighted by Crippen LogP contribution is 2.32. The summed E-state index contributed by atoms with van der Waals surface area (Å²) in [7, 11) is 0. The van der Waals surface area contributed by atoms with Crippen LogP contribution >= 0.6 is 0 Å². The molecule has 0 aliphatic heterocycles. The normalized spacial score (nSPS) is 11.5. The summed E-state index contributed by atoms with van der Waals surface area (Å²) in [5.74, 6) is -0.531. The summed E-state index contributed by atoms with van der Waals surface area (Å²) in [4.78, 5) is 14.0. The van der Waals surface area contributed by atoms with E-state index in [0.29, 0.717) is 13.1 Å². The van der Waals surface area contributed by atoms with E-state index in [9.17, 15) is 18.0 Å². The van der Waals surface area contributed by atoms with Crippen LogP contribution in [-0.2, 0) is 6.18 Å². The van der Waals surface area contributed by atoms with Gasteiger partial charge in [-0.3, -0.25) is 4.79 Å². The first kappa shape index (κ1) is 20.5. The molecule has 5 heteroatoms. The van der Waals surface area contributed by atoms with Gasteiger partial charge in [0.05, 0.1) is 11.1 Å². The summed E-state index contributed by atoms with van der Waals surface area (Å²) in [6, 6.07) is 5.02. The summed E-state index contributed by atoms with van der Waals surface area (Å²) in [5.41, 5.74) is -1.11. The SMILES string of the molecule is CCCCCCCCCN(CC)C(=O)c1ccccc1C(F)(F)F. The van der Waals surface area contributed by atoms with E-state index in [0.717, 1.165) is 25.3 Å². The molecule has 0 radical (unpaired) electrons. The van der Waals surface area contributed by atoms with Crippen LogP contribution in [0.4, 0.5) is 13.2 Å². The maximum Gasteiger partial charge on any atom is 0.417 e. The summed E-state index contributed by atoms with van der Waals surface area (Å²) in [6.07, 6.45) is 3.31. The van der Waals surface area contributed by atoms with E-state index in [1.54, 1.807) is 6.92 Å². The van der Waals surface area contributed by atoms with Gasteiger partial charge in [0, 0.05) is 13.1 Å². The zero-order valence-corrected chi connectivity index (χ0v) is 14.7. The molecule has 1 aromatic rings. The van der Waals surface area contributed by atoms with Gasteiger partial charge in [-0.25, -0.2) is 0 Å². The van der Waals surface area contributed by atoms with Gasteiger partial charge in [0.1, 0.15) is 0 Å². The standard InChI is InChI=1S/C19H28F3NO/c1-3-5-6-7-8-9-12-15-23(4-2)18(24)16-13-10-11-14-17(16)19(20,21)22/h10-11,13-14H,3-9,12,15H2,1-2H3. The van der Waals surface area contributed by atoms with Gasteiger partial charge in [0.2, 0.25) is 0 Å². The molecule has 1 aromatic carbocycles. The van der Waals surface area contributed by atoms with Crippen molar-refractivity contribution in [2.24, 2.45) is 0 Å². The fraction of sp³-hybridized carbons (Fsp3) is 0.632. The van der Waals surface area contributed by atoms with E-state index in [1.165, 1.54) is 48.8 Å². The van der Waals surface area contributed by atoms with Crippen LogP contribution < -0.4 is 0 Å². The number of hydrogen-bond donors (Lipinski definition) is 0. The van der Waals surface area contributed by atoms with E-state index < -0.39 is 17.6 Å². The first-order valence-corrected chi connectivity index (χ1v) is 8.87. The Bertz CT molecular complexity index is 500. The number of halogens is 3. The van der Waals surface area contributed by atoms with Crippen molar-refractivity contribution in [2.75, 3.05) is 13.1 Å². The van der Waals surface area contributed by atoms with Crippen molar-refractivity contribution in [1.82, 2.24) is 4.90 Å². The third-order valence-electron chi connectivity index (χ3n) is 4.16. The molecule has 136 valence electrons. The molecule has 0 unspecified atom stereocenters. The molecule has 0 aliphatic carbocycles. The Morgan fingerprint density at radius 2 is 1.54 bits per heavy atom. The number of nitrogens with zero attached hydrogens (tertiary/aromatic N) is 1. The molecule has 1 amide bonds. The lowest BCUT2D eigenvalue weighted by molar-refractivity contribution is -0.138. The fourth-order valence-electron chi connectivity index (χ4n) is 2.75. The van der Waals surface area contributed by atoms with Crippen molar-refractivity contribution in [3.05, 3.63) is 35.4 Å². The third-order valence-corrected chi connectivity index (χ3v) is 4.16. The number of carbonyl (C=O) groups is 1. The Kier molecular flexibility index (Phi) is 8.87. The predicted octanol–water partition coefficient (Wildman–Crippen LogP) is 5.92. The minimum atomic E-state index is -4.51. The van der Waals surface area contributed by atoms with Crippen molar-refractivity contribution in [1.29, 1.82) is 0 Å². The van der Waals surface area contributed by atoms with Crippen LogP contribution in [-0.4, -0.2) is 23.9 Å². The van der Waals surface area contributed by atoms with Crippen molar-refractivity contribution in [3.63, 3.8) is 0 Å². The largest absolute Gasteiger partial charge is 0.417 e. The van der Waals surface area contributed by atoms with Crippen LogP contribution in [0.25, 0.3) is 0 Å². The Balaban J connectivity index is 2.58. The highest BCUT2D eigenvalue weighted by Gasteiger charge is 2.35. The van der Waals surface area contributed by atoms with Gasteiger partial charge in [-0.05, 0) is 25.5 Å². The molecule has 0 N–H and O–H groups in total. The molecule has 0 bridgehead atoms. The van der Waals surface area contributed by atoms with E-state index in [2.05, 4.69) is 6.92 Å². The van der Waals surface area contributed by atoms with Gasteiger partial charge in [-0.1, -0.05) is 57.6 Å². The third kappa shape index (κ3) is 6.54. The van der Waals surface area contributed by atoms with Crippen molar-refractivity contribution < 1.29 is 18.0 Å². The monoisotopic (exact) mass is 343 g/mol. The maximum atomic E-state index is 13.1. The van der Waals surface area contributed by atoms with Gasteiger partial charge in [0.15, 0.2) is 0 Å². The minimum absolute atomic E-state index is 0.255. The van der Waals surface area contributed by atoms with Crippen molar-refractivity contribution in [3.8, 4) is 0 Å². The lowest BCUT2D eigenvalue weighted by atomic mass is 10.1. The average Bonchev–Trinajstić information content (AvgIpc) is 2.56. The summed E-state index contributed by atoms with van der Waals surface area (Å²) in [6.45, 7) is 4.90. The van der Waals surface area contributed by atoms with Gasteiger partial charge in [0.25, 0.3) is 5.91 Å². The smallest absolute Gasteiger partial charge is 0.339 e. The molecule has 0 fully saturated rings. The quantitative estimate of drug-likeness (QED) is 0.483. The molecule has 0 aromatic heterocycles. The van der Waals surface area contributed by atoms with E-state index in [-0.39, 0.29) is 5.56 Å².